The van der Waals surface area contributed by atoms with E-state index in [4.69, 9.17) is 24.7 Å². The molecule has 0 spiro atoms. The van der Waals surface area contributed by atoms with Gasteiger partial charge in [-0.25, -0.2) is 0 Å². The predicted octanol–water partition coefficient (Wildman–Crippen LogP) is 4.61. The fraction of sp³-hybridized carbons (Fsp3) is 0.300. The number of benzene rings is 2. The van der Waals surface area contributed by atoms with E-state index in [1.165, 1.54) is 44.4 Å². The topological polar surface area (TPSA) is 162 Å². The SMILES string of the molecule is COc1ccc(NC(=O)CSc2nnc(N3C(N)=C(C#N)C(c4ccc(OC)c(OC)c4OC)C4=C3CCCC4=O)s2)cc1. The molecule has 2 heterocycles. The van der Waals surface area contributed by atoms with Crippen LogP contribution in [0.3, 0.4) is 0 Å². The molecule has 1 unspecified atom stereocenters. The summed E-state index contributed by atoms with van der Waals surface area (Å²) in [6.45, 7) is 0. The largest absolute Gasteiger partial charge is 0.497 e. The van der Waals surface area contributed by atoms with Gasteiger partial charge in [0.05, 0.1) is 51.8 Å². The number of nitrogens with one attached hydrogen (secondary N) is 1. The van der Waals surface area contributed by atoms with Crippen LogP contribution in [0.2, 0.25) is 0 Å². The molecule has 12 nitrogen and oxygen atoms in total. The van der Waals surface area contributed by atoms with E-state index in [9.17, 15) is 14.9 Å². The van der Waals surface area contributed by atoms with E-state index in [0.29, 0.717) is 74.3 Å². The molecule has 44 heavy (non-hydrogen) atoms. The number of amides is 1. The summed E-state index contributed by atoms with van der Waals surface area (Å²) in [6, 6.07) is 12.7. The lowest BCUT2D eigenvalue weighted by Gasteiger charge is -2.38. The molecule has 0 saturated carbocycles. The van der Waals surface area contributed by atoms with Gasteiger partial charge < -0.3 is 30.0 Å². The van der Waals surface area contributed by atoms with Gasteiger partial charge >= 0.3 is 0 Å². The quantitative estimate of drug-likeness (QED) is 0.298. The van der Waals surface area contributed by atoms with Gasteiger partial charge in [0.1, 0.15) is 11.6 Å². The van der Waals surface area contributed by atoms with Gasteiger partial charge in [-0.15, -0.1) is 10.2 Å². The van der Waals surface area contributed by atoms with Gasteiger partial charge in [-0.05, 0) is 43.2 Å². The number of aromatic nitrogens is 2. The zero-order valence-corrected chi connectivity index (χ0v) is 26.1. The van der Waals surface area contributed by atoms with Crippen LogP contribution in [0, 0.1) is 11.3 Å². The van der Waals surface area contributed by atoms with Crippen molar-refractivity contribution in [3.8, 4) is 29.1 Å². The number of hydrogen-bond donors (Lipinski definition) is 2. The Morgan fingerprint density at radius 2 is 1.82 bits per heavy atom. The Bertz CT molecular complexity index is 1690. The molecule has 0 radical (unpaired) electrons. The second-order valence-electron chi connectivity index (χ2n) is 9.66. The van der Waals surface area contributed by atoms with Crippen molar-refractivity contribution in [3.63, 3.8) is 0 Å². The molecule has 1 aliphatic carbocycles. The number of hydrogen-bond acceptors (Lipinski definition) is 13. The van der Waals surface area contributed by atoms with Crippen LogP contribution in [-0.2, 0) is 9.59 Å². The minimum Gasteiger partial charge on any atom is -0.497 e. The van der Waals surface area contributed by atoms with Crippen LogP contribution >= 0.6 is 23.1 Å². The minimum atomic E-state index is -0.780. The molecule has 1 aliphatic heterocycles. The van der Waals surface area contributed by atoms with Gasteiger partial charge in [0.25, 0.3) is 0 Å². The number of ether oxygens (including phenoxy) is 4. The number of ketones is 1. The van der Waals surface area contributed by atoms with Gasteiger partial charge in [-0.3, -0.25) is 14.5 Å². The summed E-state index contributed by atoms with van der Waals surface area (Å²) in [6.07, 6.45) is 1.49. The fourth-order valence-electron chi connectivity index (χ4n) is 5.32. The lowest BCUT2D eigenvalue weighted by molar-refractivity contribution is -0.116. The number of methoxy groups -OCH3 is 4. The summed E-state index contributed by atoms with van der Waals surface area (Å²) in [5.74, 6) is 0.992. The van der Waals surface area contributed by atoms with E-state index in [2.05, 4.69) is 21.6 Å². The van der Waals surface area contributed by atoms with Gasteiger partial charge in [-0.1, -0.05) is 29.2 Å². The van der Waals surface area contributed by atoms with E-state index >= 15 is 0 Å². The average molecular weight is 635 g/mol. The monoisotopic (exact) mass is 634 g/mol. The summed E-state index contributed by atoms with van der Waals surface area (Å²) in [5.41, 5.74) is 9.19. The maximum absolute atomic E-state index is 13.6. The predicted molar refractivity (Wildman–Crippen MR) is 166 cm³/mol. The number of thioether (sulfide) groups is 1. The van der Waals surface area contributed by atoms with Crippen LogP contribution in [-0.4, -0.2) is 56.1 Å². The average Bonchev–Trinajstić information content (AvgIpc) is 3.51. The minimum absolute atomic E-state index is 0.0901. The maximum Gasteiger partial charge on any atom is 0.234 e. The van der Waals surface area contributed by atoms with Crippen LogP contribution in [0.1, 0.15) is 30.7 Å². The number of anilines is 2. The number of nitrogens with two attached hydrogens (primary N) is 1. The molecule has 3 N–H and O–H groups in total. The van der Waals surface area contributed by atoms with Gasteiger partial charge in [0.15, 0.2) is 21.6 Å². The van der Waals surface area contributed by atoms with Crippen molar-refractivity contribution in [2.75, 3.05) is 44.4 Å². The first-order valence-electron chi connectivity index (χ1n) is 13.5. The van der Waals surface area contributed by atoms with Crippen LogP contribution in [0.4, 0.5) is 10.8 Å². The van der Waals surface area contributed by atoms with E-state index in [1.807, 2.05) is 0 Å². The molecule has 228 valence electrons. The molecular weight excluding hydrogens is 605 g/mol. The highest BCUT2D eigenvalue weighted by atomic mass is 32.2. The van der Waals surface area contributed by atoms with Crippen molar-refractivity contribution >= 4 is 45.6 Å². The fourth-order valence-corrected chi connectivity index (χ4v) is 7.00. The number of nitrogens with zero attached hydrogens (tertiary/aromatic N) is 4. The van der Waals surface area contributed by atoms with Gasteiger partial charge in [0.2, 0.25) is 16.8 Å². The van der Waals surface area contributed by atoms with E-state index in [1.54, 1.807) is 48.4 Å². The highest BCUT2D eigenvalue weighted by Crippen LogP contribution is 2.52. The first-order valence-corrected chi connectivity index (χ1v) is 15.3. The third-order valence-electron chi connectivity index (χ3n) is 7.25. The molecule has 0 saturated heterocycles. The smallest absolute Gasteiger partial charge is 0.234 e. The second-order valence-corrected chi connectivity index (χ2v) is 11.8. The van der Waals surface area contributed by atoms with E-state index in [-0.39, 0.29) is 28.8 Å². The second kappa shape index (κ2) is 13.3. The molecule has 5 rings (SSSR count). The molecule has 1 aromatic heterocycles. The third kappa shape index (κ3) is 5.76. The van der Waals surface area contributed by atoms with Crippen LogP contribution in [0.15, 0.2) is 63.4 Å². The Morgan fingerprint density at radius 1 is 1.07 bits per heavy atom. The summed E-state index contributed by atoms with van der Waals surface area (Å²) in [4.78, 5) is 27.8. The summed E-state index contributed by atoms with van der Waals surface area (Å²) in [7, 11) is 6.07. The molecule has 14 heteroatoms. The Balaban J connectivity index is 1.46. The molecule has 3 aromatic rings. The van der Waals surface area contributed by atoms with Crippen molar-refractivity contribution in [1.82, 2.24) is 10.2 Å². The normalized spacial score (nSPS) is 16.3. The number of rotatable bonds is 10. The van der Waals surface area contributed by atoms with E-state index < -0.39 is 5.92 Å². The van der Waals surface area contributed by atoms with Crippen molar-refractivity contribution in [1.29, 1.82) is 5.26 Å². The maximum atomic E-state index is 13.6. The number of carbonyl (C=O) groups excluding carboxylic acids is 2. The molecular formula is C30H30N6O6S2. The molecule has 2 aromatic carbocycles. The van der Waals surface area contributed by atoms with Crippen LogP contribution in [0.25, 0.3) is 0 Å². The number of Topliss-reactive ketones (excluding diaryl/α,β-unsaturated/α-hetero) is 1. The Kier molecular flexibility index (Phi) is 9.26. The number of carbonyl (C=O) groups is 2. The first kappa shape index (κ1) is 30.7. The third-order valence-corrected chi connectivity index (χ3v) is 9.29. The Morgan fingerprint density at radius 3 is 2.48 bits per heavy atom. The van der Waals surface area contributed by atoms with Crippen molar-refractivity contribution < 1.29 is 28.5 Å². The molecule has 1 amide bonds. The Hall–Kier alpha value is -4.74. The van der Waals surface area contributed by atoms with Crippen molar-refractivity contribution in [2.45, 2.75) is 29.5 Å². The molecule has 0 fully saturated rings. The zero-order chi connectivity index (χ0) is 31.4. The zero-order valence-electron chi connectivity index (χ0n) is 24.5. The molecule has 0 bridgehead atoms. The summed E-state index contributed by atoms with van der Waals surface area (Å²) >= 11 is 2.44. The molecule has 2 aliphatic rings. The lowest BCUT2D eigenvalue weighted by Crippen LogP contribution is -2.38. The standard InChI is InChI=1S/C30H30N6O6S2/c1-39-17-10-8-16(9-11-17)33-23(38)15-43-30-35-34-29(44-30)36-20-6-5-7-21(37)25(20)24(19(14-31)28(36)32)18-12-13-22(40-2)27(42-4)26(18)41-3/h8-13,24H,5-7,15,32H2,1-4H3,(H,33,38). The number of allylic oxidation sites excluding steroid dienone is 3. The Labute approximate surface area is 262 Å². The molecule has 1 atom stereocenters. The van der Waals surface area contributed by atoms with Crippen LogP contribution in [0.5, 0.6) is 23.0 Å². The van der Waals surface area contributed by atoms with Gasteiger partial charge in [-0.2, -0.15) is 5.26 Å². The lowest BCUT2D eigenvalue weighted by atomic mass is 9.75. The first-order chi connectivity index (χ1) is 21.3. The highest BCUT2D eigenvalue weighted by Gasteiger charge is 2.43. The van der Waals surface area contributed by atoms with E-state index in [0.717, 1.165) is 0 Å². The summed E-state index contributed by atoms with van der Waals surface area (Å²) in [5, 5.41) is 22.2. The van der Waals surface area contributed by atoms with Crippen molar-refractivity contribution in [2.24, 2.45) is 5.73 Å². The number of nitriles is 1. The van der Waals surface area contributed by atoms with Crippen molar-refractivity contribution in [3.05, 3.63) is 64.6 Å². The van der Waals surface area contributed by atoms with Gasteiger partial charge in [0, 0.05) is 28.9 Å². The van der Waals surface area contributed by atoms with Crippen LogP contribution < -0.4 is 34.9 Å². The highest BCUT2D eigenvalue weighted by molar-refractivity contribution is 8.01. The summed E-state index contributed by atoms with van der Waals surface area (Å²) < 4.78 is 22.4.